The van der Waals surface area contributed by atoms with Crippen LogP contribution < -0.4 is 0 Å². The summed E-state index contributed by atoms with van der Waals surface area (Å²) in [6.07, 6.45) is 5.52. The molecule has 0 saturated carbocycles. The average molecular weight is 337 g/mol. The van der Waals surface area contributed by atoms with Gasteiger partial charge in [-0.2, -0.15) is 0 Å². The summed E-state index contributed by atoms with van der Waals surface area (Å²) in [6, 6.07) is 0.277. The monoisotopic (exact) mass is 337 g/mol. The molecule has 0 unspecified atom stereocenters. The van der Waals surface area contributed by atoms with E-state index in [0.717, 1.165) is 31.9 Å². The number of halogens is 1. The summed E-state index contributed by atoms with van der Waals surface area (Å²) in [5, 5.41) is 0. The van der Waals surface area contributed by atoms with Crippen LogP contribution in [0.25, 0.3) is 0 Å². The second-order valence-electron chi connectivity index (χ2n) is 6.34. The van der Waals surface area contributed by atoms with Crippen molar-refractivity contribution in [3.63, 3.8) is 0 Å². The Bertz CT molecular complexity index is 599. The summed E-state index contributed by atoms with van der Waals surface area (Å²) in [4.78, 5) is 14.2. The molecule has 0 aromatic carbocycles. The predicted molar refractivity (Wildman–Crippen MR) is 90.3 cm³/mol. The van der Waals surface area contributed by atoms with E-state index in [1.165, 1.54) is 4.88 Å². The summed E-state index contributed by atoms with van der Waals surface area (Å²) in [5.74, 6) is 0. The van der Waals surface area contributed by atoms with Crippen LogP contribution in [0.2, 0.25) is 0 Å². The third kappa shape index (κ3) is 4.37. The van der Waals surface area contributed by atoms with Gasteiger partial charge in [-0.15, -0.1) is 11.3 Å². The molecule has 5 nitrogen and oxygen atoms in total. The number of nitrogens with zero attached hydrogens (tertiary/aromatic N) is 5. The zero-order chi connectivity index (χ0) is 16.2. The van der Waals surface area contributed by atoms with Crippen molar-refractivity contribution in [1.29, 1.82) is 0 Å². The molecule has 7 heteroatoms. The van der Waals surface area contributed by atoms with Crippen LogP contribution in [-0.4, -0.2) is 63.2 Å². The summed E-state index contributed by atoms with van der Waals surface area (Å²) < 4.78 is 16.0. The molecule has 3 heterocycles. The molecule has 23 heavy (non-hydrogen) atoms. The maximum Gasteiger partial charge on any atom is 0.114 e. The van der Waals surface area contributed by atoms with Crippen LogP contribution >= 0.6 is 11.3 Å². The van der Waals surface area contributed by atoms with E-state index in [1.54, 1.807) is 17.5 Å². The zero-order valence-electron chi connectivity index (χ0n) is 13.7. The van der Waals surface area contributed by atoms with Gasteiger partial charge in [0.05, 0.1) is 17.5 Å². The molecular formula is C16H24FN5S. The van der Waals surface area contributed by atoms with E-state index in [4.69, 9.17) is 0 Å². The van der Waals surface area contributed by atoms with Crippen molar-refractivity contribution < 1.29 is 4.39 Å². The fourth-order valence-corrected chi connectivity index (χ4v) is 3.93. The maximum absolute atomic E-state index is 13.9. The van der Waals surface area contributed by atoms with Crippen LogP contribution in [-0.2, 0) is 13.1 Å². The first-order valence-corrected chi connectivity index (χ1v) is 8.91. The molecule has 3 rings (SSSR count). The minimum Gasteiger partial charge on any atom is -0.336 e. The largest absolute Gasteiger partial charge is 0.336 e. The Morgan fingerprint density at radius 3 is 3.04 bits per heavy atom. The van der Waals surface area contributed by atoms with E-state index in [1.807, 2.05) is 25.0 Å². The lowest BCUT2D eigenvalue weighted by Crippen LogP contribution is -2.39. The van der Waals surface area contributed by atoms with E-state index in [9.17, 15) is 4.39 Å². The van der Waals surface area contributed by atoms with Crippen LogP contribution in [0.1, 0.15) is 17.0 Å². The van der Waals surface area contributed by atoms with Crippen molar-refractivity contribution >= 4 is 11.3 Å². The first-order chi connectivity index (χ1) is 11.1. The minimum absolute atomic E-state index is 0.277. The van der Waals surface area contributed by atoms with Crippen molar-refractivity contribution in [2.45, 2.75) is 38.6 Å². The average Bonchev–Trinajstić information content (AvgIpc) is 3.22. The molecule has 1 aliphatic heterocycles. The molecule has 0 amide bonds. The number of likely N-dealkylation sites (N-methyl/N-ethyl adjacent to an activating group) is 1. The Kier molecular flexibility index (Phi) is 5.40. The fraction of sp³-hybridized carbons (Fsp3) is 0.625. The number of aryl methyl sites for hydroxylation is 1. The van der Waals surface area contributed by atoms with Gasteiger partial charge in [0.15, 0.2) is 0 Å². The van der Waals surface area contributed by atoms with E-state index in [0.29, 0.717) is 13.0 Å². The Balaban J connectivity index is 1.53. The van der Waals surface area contributed by atoms with Crippen molar-refractivity contribution in [1.82, 2.24) is 24.3 Å². The number of alkyl halides is 1. The summed E-state index contributed by atoms with van der Waals surface area (Å²) in [5.41, 5.74) is 2.95. The lowest BCUT2D eigenvalue weighted by atomic mass is 10.2. The molecule has 0 bridgehead atoms. The molecule has 126 valence electrons. The molecule has 1 aliphatic rings. The standard InChI is InChI=1S/C16H24FN5S/c1-13-16(23-12-19-13)10-22-8-14(17)7-15(22)9-20(2)5-6-21-4-3-18-11-21/h3-4,11-12,14-15H,5-10H2,1-2H3/t14-,15-/m0/s1. The van der Waals surface area contributed by atoms with Crippen molar-refractivity contribution in [2.24, 2.45) is 0 Å². The highest BCUT2D eigenvalue weighted by molar-refractivity contribution is 7.09. The van der Waals surface area contributed by atoms with Gasteiger partial charge in [0.1, 0.15) is 6.17 Å². The summed E-state index contributed by atoms with van der Waals surface area (Å²) in [7, 11) is 2.11. The number of hydrogen-bond acceptors (Lipinski definition) is 5. The zero-order valence-corrected chi connectivity index (χ0v) is 14.5. The van der Waals surface area contributed by atoms with Crippen LogP contribution in [0.5, 0.6) is 0 Å². The second kappa shape index (κ2) is 7.51. The second-order valence-corrected chi connectivity index (χ2v) is 7.28. The molecule has 0 aliphatic carbocycles. The lowest BCUT2D eigenvalue weighted by molar-refractivity contribution is 0.182. The molecule has 2 aromatic rings. The predicted octanol–water partition coefficient (Wildman–Crippen LogP) is 2.19. The van der Waals surface area contributed by atoms with Crippen molar-refractivity contribution in [2.75, 3.05) is 26.7 Å². The van der Waals surface area contributed by atoms with Gasteiger partial charge in [-0.1, -0.05) is 0 Å². The summed E-state index contributed by atoms with van der Waals surface area (Å²) >= 11 is 1.67. The maximum atomic E-state index is 13.9. The molecular weight excluding hydrogens is 313 g/mol. The number of thiazole rings is 1. The molecule has 1 saturated heterocycles. The number of likely N-dealkylation sites (tertiary alicyclic amines) is 1. The Morgan fingerprint density at radius 2 is 2.35 bits per heavy atom. The highest BCUT2D eigenvalue weighted by Gasteiger charge is 2.33. The Labute approximate surface area is 140 Å². The van der Waals surface area contributed by atoms with Crippen LogP contribution in [0.3, 0.4) is 0 Å². The minimum atomic E-state index is -0.713. The third-order valence-electron chi connectivity index (χ3n) is 4.49. The Hall–Kier alpha value is -1.31. The highest BCUT2D eigenvalue weighted by atomic mass is 32.1. The van der Waals surface area contributed by atoms with E-state index in [-0.39, 0.29) is 6.04 Å². The van der Waals surface area contributed by atoms with E-state index in [2.05, 4.69) is 31.4 Å². The number of imidazole rings is 1. The quantitative estimate of drug-likeness (QED) is 0.776. The van der Waals surface area contributed by atoms with Gasteiger partial charge in [-0.05, 0) is 20.4 Å². The van der Waals surface area contributed by atoms with Crippen molar-refractivity contribution in [3.8, 4) is 0 Å². The summed E-state index contributed by atoms with van der Waals surface area (Å²) in [6.45, 7) is 6.13. The Morgan fingerprint density at radius 1 is 1.48 bits per heavy atom. The molecule has 0 spiro atoms. The van der Waals surface area contributed by atoms with Crippen molar-refractivity contribution in [3.05, 3.63) is 34.8 Å². The molecule has 2 aromatic heterocycles. The lowest BCUT2D eigenvalue weighted by Gasteiger charge is -2.28. The topological polar surface area (TPSA) is 37.2 Å². The van der Waals surface area contributed by atoms with Gasteiger partial charge in [-0.3, -0.25) is 4.90 Å². The van der Waals surface area contributed by atoms with E-state index < -0.39 is 6.17 Å². The van der Waals surface area contributed by atoms with Gasteiger partial charge < -0.3 is 9.47 Å². The normalized spacial score (nSPS) is 22.3. The van der Waals surface area contributed by atoms with Gasteiger partial charge in [0.2, 0.25) is 0 Å². The van der Waals surface area contributed by atoms with Gasteiger partial charge in [-0.25, -0.2) is 14.4 Å². The molecule has 2 atom stereocenters. The van der Waals surface area contributed by atoms with Crippen LogP contribution in [0, 0.1) is 6.92 Å². The smallest absolute Gasteiger partial charge is 0.114 e. The van der Waals surface area contributed by atoms with Gasteiger partial charge >= 0.3 is 0 Å². The van der Waals surface area contributed by atoms with Gasteiger partial charge in [0, 0.05) is 56.0 Å². The molecule has 0 N–H and O–H groups in total. The molecule has 1 fully saturated rings. The fourth-order valence-electron chi connectivity index (χ4n) is 3.12. The van der Waals surface area contributed by atoms with E-state index >= 15 is 0 Å². The van der Waals surface area contributed by atoms with Gasteiger partial charge in [0.25, 0.3) is 0 Å². The number of rotatable bonds is 7. The third-order valence-corrected chi connectivity index (χ3v) is 5.41. The van der Waals surface area contributed by atoms with Crippen LogP contribution in [0.15, 0.2) is 24.2 Å². The number of aromatic nitrogens is 3. The highest BCUT2D eigenvalue weighted by Crippen LogP contribution is 2.25. The van der Waals surface area contributed by atoms with Crippen LogP contribution in [0.4, 0.5) is 4.39 Å². The number of hydrogen-bond donors (Lipinski definition) is 0. The first-order valence-electron chi connectivity index (χ1n) is 8.03. The SMILES string of the molecule is Cc1ncsc1CN1C[C@@H](F)C[C@H]1CN(C)CCn1ccnc1. The molecule has 0 radical (unpaired) electrons. The first kappa shape index (κ1) is 16.5.